The molecule has 0 amide bonds. The highest BCUT2D eigenvalue weighted by molar-refractivity contribution is 5.73. The van der Waals surface area contributed by atoms with Gasteiger partial charge < -0.3 is 15.2 Å². The lowest BCUT2D eigenvalue weighted by Crippen LogP contribution is -2.28. The normalized spacial score (nSPS) is 16.5. The maximum atomic E-state index is 5.93. The molecular weight excluding hydrogens is 202 g/mol. The molecule has 1 heterocycles. The van der Waals surface area contributed by atoms with Gasteiger partial charge >= 0.3 is 0 Å². The molecule has 0 aliphatic carbocycles. The van der Waals surface area contributed by atoms with Crippen molar-refractivity contribution in [1.82, 2.24) is 0 Å². The number of methoxy groups -OCH3 is 1. The highest BCUT2D eigenvalue weighted by Crippen LogP contribution is 2.41. The zero-order chi connectivity index (χ0) is 11.9. The number of anilines is 1. The van der Waals surface area contributed by atoms with Gasteiger partial charge in [-0.3, -0.25) is 0 Å². The average Bonchev–Trinajstić information content (AvgIpc) is 2.20. The number of nitrogen functional groups attached to an aromatic ring is 1. The number of rotatable bonds is 1. The molecule has 2 N–H and O–H groups in total. The van der Waals surface area contributed by atoms with E-state index in [-0.39, 0.29) is 5.60 Å². The number of nitrogens with two attached hydrogens (primary N) is 1. The van der Waals surface area contributed by atoms with Crippen LogP contribution in [0.25, 0.3) is 6.08 Å². The molecule has 0 saturated heterocycles. The summed E-state index contributed by atoms with van der Waals surface area (Å²) in [7, 11) is 1.62. The number of fused-ring (bicyclic) bond motifs is 1. The number of hydrogen-bond acceptors (Lipinski definition) is 3. The summed E-state index contributed by atoms with van der Waals surface area (Å²) in [6.45, 7) is 6.01. The third-order valence-electron chi connectivity index (χ3n) is 2.75. The van der Waals surface area contributed by atoms with Crippen LogP contribution in [0.2, 0.25) is 0 Å². The van der Waals surface area contributed by atoms with Crippen LogP contribution in [0.15, 0.2) is 12.1 Å². The minimum Gasteiger partial charge on any atom is -0.494 e. The predicted octanol–water partition coefficient (Wildman–Crippen LogP) is 2.77. The summed E-state index contributed by atoms with van der Waals surface area (Å²) < 4.78 is 11.2. The number of benzene rings is 1. The van der Waals surface area contributed by atoms with Crippen LogP contribution < -0.4 is 15.2 Å². The lowest BCUT2D eigenvalue weighted by molar-refractivity contribution is 0.157. The molecule has 0 aromatic heterocycles. The fraction of sp³-hybridized carbons (Fsp3) is 0.385. The summed E-state index contributed by atoms with van der Waals surface area (Å²) in [5.74, 6) is 1.56. The van der Waals surface area contributed by atoms with Crippen LogP contribution in [0.3, 0.4) is 0 Å². The highest BCUT2D eigenvalue weighted by Gasteiger charge is 2.25. The first-order chi connectivity index (χ1) is 7.44. The van der Waals surface area contributed by atoms with Gasteiger partial charge in [-0.25, -0.2) is 0 Å². The van der Waals surface area contributed by atoms with Crippen molar-refractivity contribution in [1.29, 1.82) is 0 Å². The molecule has 0 atom stereocenters. The molecule has 0 fully saturated rings. The van der Waals surface area contributed by atoms with Gasteiger partial charge in [0.2, 0.25) is 0 Å². The first-order valence-corrected chi connectivity index (χ1v) is 5.30. The SMILES string of the molecule is COc1c(N)cc2c(c1C)OC(C)(C)C=C2. The Kier molecular flexibility index (Phi) is 2.34. The van der Waals surface area contributed by atoms with Gasteiger partial charge in [-0.2, -0.15) is 0 Å². The van der Waals surface area contributed by atoms with Gasteiger partial charge in [0.05, 0.1) is 12.8 Å². The average molecular weight is 219 g/mol. The van der Waals surface area contributed by atoms with E-state index in [1.54, 1.807) is 7.11 Å². The van der Waals surface area contributed by atoms with Crippen LogP contribution >= 0.6 is 0 Å². The maximum Gasteiger partial charge on any atom is 0.148 e. The first-order valence-electron chi connectivity index (χ1n) is 5.30. The third kappa shape index (κ3) is 1.62. The summed E-state index contributed by atoms with van der Waals surface area (Å²) in [6, 6.07) is 1.88. The summed E-state index contributed by atoms with van der Waals surface area (Å²) >= 11 is 0. The van der Waals surface area contributed by atoms with E-state index in [2.05, 4.69) is 0 Å². The van der Waals surface area contributed by atoms with Gasteiger partial charge in [0.25, 0.3) is 0 Å². The van der Waals surface area contributed by atoms with Gasteiger partial charge in [0, 0.05) is 11.1 Å². The van der Waals surface area contributed by atoms with Crippen LogP contribution in [-0.4, -0.2) is 12.7 Å². The molecule has 2 rings (SSSR count). The van der Waals surface area contributed by atoms with Crippen LogP contribution in [0.4, 0.5) is 5.69 Å². The van der Waals surface area contributed by atoms with Crippen LogP contribution in [0, 0.1) is 6.92 Å². The molecule has 1 aliphatic heterocycles. The summed E-state index contributed by atoms with van der Waals surface area (Å²) in [6.07, 6.45) is 4.07. The predicted molar refractivity (Wildman–Crippen MR) is 65.9 cm³/mol. The smallest absolute Gasteiger partial charge is 0.148 e. The molecule has 0 spiro atoms. The Morgan fingerprint density at radius 3 is 2.69 bits per heavy atom. The monoisotopic (exact) mass is 219 g/mol. The molecule has 16 heavy (non-hydrogen) atoms. The molecular formula is C13H17NO2. The molecule has 3 nitrogen and oxygen atoms in total. The van der Waals surface area contributed by atoms with Gasteiger partial charge in [0.15, 0.2) is 0 Å². The van der Waals surface area contributed by atoms with E-state index in [1.807, 2.05) is 39.0 Å². The van der Waals surface area contributed by atoms with E-state index >= 15 is 0 Å². The Morgan fingerprint density at radius 2 is 2.06 bits per heavy atom. The van der Waals surface area contributed by atoms with E-state index in [4.69, 9.17) is 15.2 Å². The number of ether oxygens (including phenoxy) is 2. The molecule has 0 radical (unpaired) electrons. The second kappa shape index (κ2) is 3.44. The summed E-state index contributed by atoms with van der Waals surface area (Å²) in [5, 5.41) is 0. The maximum absolute atomic E-state index is 5.93. The lowest BCUT2D eigenvalue weighted by atomic mass is 9.99. The molecule has 0 bridgehead atoms. The molecule has 86 valence electrons. The van der Waals surface area contributed by atoms with Crippen molar-refractivity contribution < 1.29 is 9.47 Å². The van der Waals surface area contributed by atoms with Crippen molar-refractivity contribution >= 4 is 11.8 Å². The van der Waals surface area contributed by atoms with Crippen molar-refractivity contribution in [3.8, 4) is 11.5 Å². The fourth-order valence-electron chi connectivity index (χ4n) is 1.95. The van der Waals surface area contributed by atoms with Crippen molar-refractivity contribution in [2.75, 3.05) is 12.8 Å². The Hall–Kier alpha value is -1.64. The van der Waals surface area contributed by atoms with E-state index in [1.165, 1.54) is 0 Å². The largest absolute Gasteiger partial charge is 0.494 e. The van der Waals surface area contributed by atoms with Gasteiger partial charge in [-0.1, -0.05) is 6.08 Å². The van der Waals surface area contributed by atoms with E-state index in [0.29, 0.717) is 11.4 Å². The van der Waals surface area contributed by atoms with E-state index < -0.39 is 0 Å². The molecule has 3 heteroatoms. The molecule has 1 aromatic rings. The van der Waals surface area contributed by atoms with Crippen molar-refractivity contribution in [3.05, 3.63) is 23.3 Å². The zero-order valence-electron chi connectivity index (χ0n) is 10.1. The second-order valence-corrected chi connectivity index (χ2v) is 4.58. The lowest BCUT2D eigenvalue weighted by Gasteiger charge is -2.30. The molecule has 0 saturated carbocycles. The Balaban J connectivity index is 2.62. The number of hydrogen-bond donors (Lipinski definition) is 1. The summed E-state index contributed by atoms with van der Waals surface area (Å²) in [5.41, 5.74) is 8.24. The minimum absolute atomic E-state index is 0.279. The molecule has 0 unspecified atom stereocenters. The Morgan fingerprint density at radius 1 is 1.38 bits per heavy atom. The van der Waals surface area contributed by atoms with E-state index in [9.17, 15) is 0 Å². The van der Waals surface area contributed by atoms with Gasteiger partial charge in [0.1, 0.15) is 17.1 Å². The Labute approximate surface area is 95.9 Å². The van der Waals surface area contributed by atoms with Crippen LogP contribution in [0.5, 0.6) is 11.5 Å². The first kappa shape index (κ1) is 10.9. The standard InChI is InChI=1S/C13H17NO2/c1-8-11-9(5-6-13(2,3)16-11)7-10(14)12(8)15-4/h5-7H,14H2,1-4H3. The van der Waals surface area contributed by atoms with Crippen LogP contribution in [0.1, 0.15) is 25.0 Å². The minimum atomic E-state index is -0.279. The van der Waals surface area contributed by atoms with Crippen molar-refractivity contribution in [2.45, 2.75) is 26.4 Å². The topological polar surface area (TPSA) is 44.5 Å². The van der Waals surface area contributed by atoms with Crippen molar-refractivity contribution in [3.63, 3.8) is 0 Å². The Bertz CT molecular complexity index is 461. The fourth-order valence-corrected chi connectivity index (χ4v) is 1.95. The highest BCUT2D eigenvalue weighted by atomic mass is 16.5. The summed E-state index contributed by atoms with van der Waals surface area (Å²) in [4.78, 5) is 0. The zero-order valence-corrected chi connectivity index (χ0v) is 10.1. The molecule has 1 aromatic carbocycles. The third-order valence-corrected chi connectivity index (χ3v) is 2.75. The second-order valence-electron chi connectivity index (χ2n) is 4.58. The van der Waals surface area contributed by atoms with Crippen LogP contribution in [-0.2, 0) is 0 Å². The molecule has 1 aliphatic rings. The van der Waals surface area contributed by atoms with Gasteiger partial charge in [-0.05, 0) is 32.9 Å². The van der Waals surface area contributed by atoms with Gasteiger partial charge in [-0.15, -0.1) is 0 Å². The van der Waals surface area contributed by atoms with Crippen molar-refractivity contribution in [2.24, 2.45) is 0 Å². The van der Waals surface area contributed by atoms with E-state index in [0.717, 1.165) is 16.9 Å². The quantitative estimate of drug-likeness (QED) is 0.739.